The summed E-state index contributed by atoms with van der Waals surface area (Å²) in [5.74, 6) is -1.71. The van der Waals surface area contributed by atoms with Crippen LogP contribution in [0.15, 0.2) is 12.2 Å². The molecule has 1 rings (SSSR count). The Morgan fingerprint density at radius 3 is 1.91 bits per heavy atom. The predicted molar refractivity (Wildman–Crippen MR) is 180 cm³/mol. The Morgan fingerprint density at radius 2 is 1.28 bits per heavy atom. The highest BCUT2D eigenvalue weighted by Crippen LogP contribution is 2.36. The van der Waals surface area contributed by atoms with Gasteiger partial charge in [-0.25, -0.2) is 0 Å². The number of hydrogen-bond donors (Lipinski definition) is 4. The number of aliphatic hydroxyl groups is 4. The van der Waals surface area contributed by atoms with Gasteiger partial charge in [0, 0.05) is 43.9 Å². The van der Waals surface area contributed by atoms with Gasteiger partial charge >= 0.3 is 11.9 Å². The Hall–Kier alpha value is -1.81. The molecule has 0 aliphatic heterocycles. The van der Waals surface area contributed by atoms with Crippen molar-refractivity contribution >= 4 is 17.7 Å². The van der Waals surface area contributed by atoms with E-state index in [1.165, 1.54) is 51.4 Å². The quantitative estimate of drug-likeness (QED) is 0.0402. The van der Waals surface area contributed by atoms with Crippen LogP contribution in [0.4, 0.5) is 0 Å². The number of unbranched alkanes of at least 4 members (excludes halogenated alkanes) is 13. The van der Waals surface area contributed by atoms with Crippen LogP contribution in [0.2, 0.25) is 0 Å². The SMILES string of the molecule is CCCCCCCCCCCCCC(=O)O[C@@H](CO)COC(=O)CCCCC(=O)C[C@@H]1[C@@H](/C=C/[C@@H](O)CCCCC)[C@H](O)C[C@@H]1O. The molecule has 1 fully saturated rings. The summed E-state index contributed by atoms with van der Waals surface area (Å²) < 4.78 is 10.5. The molecule has 1 saturated carbocycles. The van der Waals surface area contributed by atoms with Crippen LogP contribution >= 0.6 is 0 Å². The summed E-state index contributed by atoms with van der Waals surface area (Å²) in [4.78, 5) is 37.0. The Kier molecular flexibility index (Phi) is 24.9. The minimum absolute atomic E-state index is 0.0431. The minimum atomic E-state index is -0.890. The van der Waals surface area contributed by atoms with Crippen LogP contribution in [-0.4, -0.2) is 75.8 Å². The van der Waals surface area contributed by atoms with Crippen molar-refractivity contribution in [3.8, 4) is 0 Å². The molecule has 0 saturated heterocycles. The molecular formula is C37H66O9. The summed E-state index contributed by atoms with van der Waals surface area (Å²) in [7, 11) is 0. The molecule has 0 heterocycles. The molecule has 1 aliphatic rings. The number of carbonyl (C=O) groups is 3. The number of carbonyl (C=O) groups excluding carboxylic acids is 3. The van der Waals surface area contributed by atoms with Crippen LogP contribution in [0.1, 0.15) is 155 Å². The zero-order valence-electron chi connectivity index (χ0n) is 28.9. The molecule has 0 aromatic heterocycles. The van der Waals surface area contributed by atoms with Crippen LogP contribution in [0, 0.1) is 11.8 Å². The highest BCUT2D eigenvalue weighted by Gasteiger charge is 2.41. The molecule has 0 radical (unpaired) electrons. The first-order chi connectivity index (χ1) is 22.2. The first-order valence-electron chi connectivity index (χ1n) is 18.4. The third kappa shape index (κ3) is 20.4. The van der Waals surface area contributed by atoms with Crippen LogP contribution in [0.3, 0.4) is 0 Å². The van der Waals surface area contributed by atoms with Gasteiger partial charge in [-0.2, -0.15) is 0 Å². The minimum Gasteiger partial charge on any atom is -0.462 e. The van der Waals surface area contributed by atoms with Crippen molar-refractivity contribution in [1.29, 1.82) is 0 Å². The van der Waals surface area contributed by atoms with Gasteiger partial charge in [0.25, 0.3) is 0 Å². The third-order valence-electron chi connectivity index (χ3n) is 9.04. The standard InChI is InChI=1S/C37H66O9/c1-3-5-7-8-9-10-11-12-13-14-16-22-37(44)46-31(27-38)28-45-36(43)21-18-17-20-30(40)25-33-32(34(41)26-35(33)42)24-23-29(39)19-15-6-4-2/h23-24,29,31-35,38-39,41-42H,3-22,25-28H2,1-2H3/b24-23+/t29-,31-,32+,33+,34+,35-/m0/s1. The summed E-state index contributed by atoms with van der Waals surface area (Å²) in [6.07, 6.45) is 19.0. The molecule has 1 aliphatic carbocycles. The monoisotopic (exact) mass is 654 g/mol. The van der Waals surface area contributed by atoms with Gasteiger partial charge in [-0.3, -0.25) is 14.4 Å². The van der Waals surface area contributed by atoms with Gasteiger partial charge in [0.2, 0.25) is 0 Å². The maximum Gasteiger partial charge on any atom is 0.306 e. The number of aliphatic hydroxyl groups excluding tert-OH is 4. The summed E-state index contributed by atoms with van der Waals surface area (Å²) in [5, 5.41) is 40.6. The third-order valence-corrected chi connectivity index (χ3v) is 9.04. The molecular weight excluding hydrogens is 588 g/mol. The van der Waals surface area contributed by atoms with E-state index in [0.717, 1.165) is 38.5 Å². The van der Waals surface area contributed by atoms with Crippen molar-refractivity contribution in [1.82, 2.24) is 0 Å². The van der Waals surface area contributed by atoms with E-state index in [1.807, 2.05) is 0 Å². The van der Waals surface area contributed by atoms with Gasteiger partial charge in [0.05, 0.1) is 24.9 Å². The first-order valence-corrected chi connectivity index (χ1v) is 18.4. The zero-order chi connectivity index (χ0) is 34.0. The average molecular weight is 655 g/mol. The largest absolute Gasteiger partial charge is 0.462 e. The summed E-state index contributed by atoms with van der Waals surface area (Å²) in [6.45, 7) is 3.69. The highest BCUT2D eigenvalue weighted by molar-refractivity contribution is 5.79. The molecule has 0 aromatic rings. The van der Waals surface area contributed by atoms with E-state index in [4.69, 9.17) is 9.47 Å². The van der Waals surface area contributed by atoms with Crippen LogP contribution in [0.5, 0.6) is 0 Å². The molecule has 268 valence electrons. The number of ketones is 1. The van der Waals surface area contributed by atoms with E-state index in [2.05, 4.69) is 13.8 Å². The topological polar surface area (TPSA) is 151 Å². The molecule has 9 nitrogen and oxygen atoms in total. The molecule has 0 aromatic carbocycles. The fourth-order valence-corrected chi connectivity index (χ4v) is 6.14. The number of hydrogen-bond acceptors (Lipinski definition) is 9. The molecule has 0 unspecified atom stereocenters. The molecule has 6 atom stereocenters. The lowest BCUT2D eigenvalue weighted by atomic mass is 9.87. The first kappa shape index (κ1) is 42.2. The lowest BCUT2D eigenvalue weighted by Gasteiger charge is -2.20. The van der Waals surface area contributed by atoms with E-state index in [0.29, 0.717) is 19.3 Å². The number of esters is 2. The number of Topliss-reactive ketones (excluding diaryl/α,β-unsaturated/α-hetero) is 1. The van der Waals surface area contributed by atoms with Gasteiger partial charge in [-0.05, 0) is 25.7 Å². The fourth-order valence-electron chi connectivity index (χ4n) is 6.14. The van der Waals surface area contributed by atoms with Crippen molar-refractivity contribution in [3.05, 3.63) is 12.2 Å². The second kappa shape index (κ2) is 27.2. The summed E-state index contributed by atoms with van der Waals surface area (Å²) >= 11 is 0. The lowest BCUT2D eigenvalue weighted by molar-refractivity contribution is -0.161. The Labute approximate surface area is 278 Å². The smallest absolute Gasteiger partial charge is 0.306 e. The van der Waals surface area contributed by atoms with Crippen LogP contribution < -0.4 is 0 Å². The highest BCUT2D eigenvalue weighted by atomic mass is 16.6. The van der Waals surface area contributed by atoms with E-state index >= 15 is 0 Å². The van der Waals surface area contributed by atoms with E-state index in [1.54, 1.807) is 12.2 Å². The molecule has 4 N–H and O–H groups in total. The second-order valence-electron chi connectivity index (χ2n) is 13.3. The molecule has 0 bridgehead atoms. The molecule has 0 amide bonds. The van der Waals surface area contributed by atoms with Crippen molar-refractivity contribution in [2.45, 2.75) is 180 Å². The van der Waals surface area contributed by atoms with E-state index in [9.17, 15) is 34.8 Å². The maximum atomic E-state index is 12.6. The van der Waals surface area contributed by atoms with Crippen molar-refractivity contribution in [2.24, 2.45) is 11.8 Å². The van der Waals surface area contributed by atoms with Crippen molar-refractivity contribution in [2.75, 3.05) is 13.2 Å². The maximum absolute atomic E-state index is 12.6. The van der Waals surface area contributed by atoms with Gasteiger partial charge in [0.15, 0.2) is 6.10 Å². The number of rotatable bonds is 29. The van der Waals surface area contributed by atoms with Gasteiger partial charge in [0.1, 0.15) is 12.4 Å². The molecule has 9 heteroatoms. The molecule has 46 heavy (non-hydrogen) atoms. The second-order valence-corrected chi connectivity index (χ2v) is 13.3. The summed E-state index contributed by atoms with van der Waals surface area (Å²) in [6, 6.07) is 0. The predicted octanol–water partition coefficient (Wildman–Crippen LogP) is 6.51. The molecule has 0 spiro atoms. The van der Waals surface area contributed by atoms with Gasteiger partial charge in [-0.1, -0.05) is 109 Å². The van der Waals surface area contributed by atoms with Gasteiger partial charge < -0.3 is 29.9 Å². The van der Waals surface area contributed by atoms with Crippen molar-refractivity contribution in [3.63, 3.8) is 0 Å². The normalized spacial score (nSPS) is 21.0. The van der Waals surface area contributed by atoms with Crippen LogP contribution in [-0.2, 0) is 23.9 Å². The van der Waals surface area contributed by atoms with Crippen LogP contribution in [0.25, 0.3) is 0 Å². The lowest BCUT2D eigenvalue weighted by Crippen LogP contribution is -2.28. The van der Waals surface area contributed by atoms with E-state index in [-0.39, 0.29) is 50.4 Å². The van der Waals surface area contributed by atoms with E-state index < -0.39 is 48.9 Å². The Bertz CT molecular complexity index is 830. The van der Waals surface area contributed by atoms with Crippen molar-refractivity contribution < 1.29 is 44.3 Å². The summed E-state index contributed by atoms with van der Waals surface area (Å²) in [5.41, 5.74) is 0. The Balaban J connectivity index is 2.20. The number of ether oxygens (including phenoxy) is 2. The zero-order valence-corrected chi connectivity index (χ0v) is 28.9. The Morgan fingerprint density at radius 1 is 0.739 bits per heavy atom. The van der Waals surface area contributed by atoms with Gasteiger partial charge in [-0.15, -0.1) is 0 Å². The fraction of sp³-hybridized carbons (Fsp3) is 0.865. The average Bonchev–Trinajstić information content (AvgIpc) is 3.29.